The SMILES string of the molecule is Nc1c(P(=O)(O)Cl)ccc(CC(S)[C-]=O)c1O.[NH2-].[Zn+2]. The fourth-order valence-corrected chi connectivity index (χ4v) is 2.60. The number of anilines is 1. The van der Waals surface area contributed by atoms with Crippen LogP contribution >= 0.6 is 30.6 Å². The van der Waals surface area contributed by atoms with Crippen molar-refractivity contribution in [2.24, 2.45) is 0 Å². The van der Waals surface area contributed by atoms with Gasteiger partial charge in [-0.25, -0.2) is 12.6 Å². The molecule has 6 nitrogen and oxygen atoms in total. The zero-order valence-corrected chi connectivity index (χ0v) is 15.3. The van der Waals surface area contributed by atoms with E-state index in [1.54, 1.807) is 6.29 Å². The van der Waals surface area contributed by atoms with Crippen molar-refractivity contribution in [3.05, 3.63) is 23.8 Å². The molecule has 0 aliphatic rings. The predicted molar refractivity (Wildman–Crippen MR) is 75.3 cm³/mol. The van der Waals surface area contributed by atoms with Crippen molar-refractivity contribution in [2.45, 2.75) is 11.7 Å². The minimum Gasteiger partial charge on any atom is -0.693 e. The van der Waals surface area contributed by atoms with E-state index in [1.807, 2.05) is 0 Å². The molecule has 2 unspecified atom stereocenters. The molecule has 0 aliphatic carbocycles. The number of aromatic hydroxyl groups is 1. The van der Waals surface area contributed by atoms with Gasteiger partial charge in [0.15, 0.2) is 0 Å². The molecular weight excluding hydrogens is 364 g/mol. The van der Waals surface area contributed by atoms with E-state index >= 15 is 0 Å². The molecule has 0 amide bonds. The zero-order valence-electron chi connectivity index (χ0n) is 9.78. The molecule has 0 saturated heterocycles. The molecule has 0 fully saturated rings. The number of halogens is 1. The van der Waals surface area contributed by atoms with Crippen molar-refractivity contribution >= 4 is 47.9 Å². The number of benzene rings is 1. The van der Waals surface area contributed by atoms with Gasteiger partial charge in [-0.2, -0.15) is 0 Å². The second kappa shape index (κ2) is 8.25. The van der Waals surface area contributed by atoms with Crippen LogP contribution in [0.3, 0.4) is 0 Å². The molecule has 6 N–H and O–H groups in total. The summed E-state index contributed by atoms with van der Waals surface area (Å²) in [5.41, 5.74) is 5.56. The van der Waals surface area contributed by atoms with Crippen molar-refractivity contribution in [1.29, 1.82) is 0 Å². The Morgan fingerprint density at radius 1 is 1.53 bits per heavy atom. The largest absolute Gasteiger partial charge is 2.00 e. The molecule has 2 atom stereocenters. The van der Waals surface area contributed by atoms with Gasteiger partial charge in [-0.1, -0.05) is 11.3 Å². The van der Waals surface area contributed by atoms with Crippen molar-refractivity contribution in [3.8, 4) is 5.75 Å². The minimum atomic E-state index is -4.05. The molecule has 0 spiro atoms. The molecule has 1 aromatic carbocycles. The van der Waals surface area contributed by atoms with Crippen LogP contribution in [-0.4, -0.2) is 21.5 Å². The van der Waals surface area contributed by atoms with Crippen molar-refractivity contribution in [3.63, 3.8) is 0 Å². The quantitative estimate of drug-likeness (QED) is 0.158. The van der Waals surface area contributed by atoms with Crippen molar-refractivity contribution in [1.82, 2.24) is 0 Å². The van der Waals surface area contributed by atoms with Crippen LogP contribution in [0.2, 0.25) is 0 Å². The molecule has 0 bridgehead atoms. The molecule has 0 aromatic heterocycles. The zero-order chi connectivity index (χ0) is 13.2. The number of nitrogen functional groups attached to an aromatic ring is 1. The number of carbonyl (C=O) groups excluding carboxylic acids is 1. The van der Waals surface area contributed by atoms with Gasteiger partial charge >= 0.3 is 26.2 Å². The van der Waals surface area contributed by atoms with Gasteiger partial charge in [-0.3, -0.25) is 10.9 Å². The van der Waals surface area contributed by atoms with Gasteiger partial charge in [-0.15, -0.1) is 0 Å². The first-order valence-corrected chi connectivity index (χ1v) is 7.54. The smallest absolute Gasteiger partial charge is 0.693 e. The van der Waals surface area contributed by atoms with Crippen LogP contribution < -0.4 is 11.0 Å². The summed E-state index contributed by atoms with van der Waals surface area (Å²) in [5, 5.41) is 8.77. The summed E-state index contributed by atoms with van der Waals surface area (Å²) in [7, 11) is 0. The molecular formula is C9H12ClN2O4PSZn. The Morgan fingerprint density at radius 3 is 2.47 bits per heavy atom. The van der Waals surface area contributed by atoms with E-state index in [0.29, 0.717) is 5.56 Å². The monoisotopic (exact) mass is 374 g/mol. The molecule has 0 saturated carbocycles. The average molecular weight is 376 g/mol. The van der Waals surface area contributed by atoms with Gasteiger partial charge in [0.25, 0.3) is 0 Å². The van der Waals surface area contributed by atoms with Crippen LogP contribution in [0.4, 0.5) is 5.69 Å². The van der Waals surface area contributed by atoms with Crippen LogP contribution in [0.25, 0.3) is 6.15 Å². The van der Waals surface area contributed by atoms with Crippen LogP contribution in [-0.2, 0) is 35.3 Å². The normalized spacial score (nSPS) is 14.5. The Kier molecular flexibility index (Phi) is 9.21. The number of rotatable bonds is 4. The van der Waals surface area contributed by atoms with E-state index in [4.69, 9.17) is 21.9 Å². The Bertz CT molecular complexity index is 499. The minimum absolute atomic E-state index is 0. The maximum absolute atomic E-state index is 11.2. The third-order valence-corrected chi connectivity index (χ3v) is 3.94. The Hall–Kier alpha value is -0.0966. The molecule has 0 heterocycles. The van der Waals surface area contributed by atoms with Crippen LogP contribution in [0.1, 0.15) is 5.56 Å². The van der Waals surface area contributed by atoms with Gasteiger partial charge in [0.2, 0.25) is 0 Å². The number of phenolic OH excluding ortho intramolecular Hbond substituents is 1. The maximum atomic E-state index is 11.2. The predicted octanol–water partition coefficient (Wildman–Crippen LogP) is 1.69. The molecule has 1 rings (SSSR count). The van der Waals surface area contributed by atoms with E-state index in [9.17, 15) is 14.5 Å². The fraction of sp³-hybridized carbons (Fsp3) is 0.222. The number of phenols is 1. The third-order valence-electron chi connectivity index (χ3n) is 2.12. The Morgan fingerprint density at radius 2 is 2.05 bits per heavy atom. The molecule has 0 aliphatic heterocycles. The first kappa shape index (κ1) is 21.2. The van der Waals surface area contributed by atoms with Crippen molar-refractivity contribution < 1.29 is 38.8 Å². The number of thiol groups is 1. The standard InChI is InChI=1S/C9H10ClNO4PS.H2N.Zn/c10-16(14,15)7-2-1-5(3-6(17)4-12)9(13)8(7)11;;/h1-2,6,13,17H,3,11H2,(H,14,15);1H2;/q2*-1;+2. The summed E-state index contributed by atoms with van der Waals surface area (Å²) >= 11 is 9.16. The van der Waals surface area contributed by atoms with E-state index in [1.165, 1.54) is 12.1 Å². The van der Waals surface area contributed by atoms with Crippen LogP contribution in [0.15, 0.2) is 12.1 Å². The summed E-state index contributed by atoms with van der Waals surface area (Å²) in [5.74, 6) is -0.369. The number of nitrogens with two attached hydrogens (primary N) is 2. The number of hydrogen-bond donors (Lipinski definition) is 4. The summed E-state index contributed by atoms with van der Waals surface area (Å²) in [6.45, 7) is -4.05. The van der Waals surface area contributed by atoms with E-state index in [0.717, 1.165) is 0 Å². The molecule has 10 heteroatoms. The van der Waals surface area contributed by atoms with E-state index in [2.05, 4.69) is 12.6 Å². The Labute approximate surface area is 133 Å². The van der Waals surface area contributed by atoms with Gasteiger partial charge in [0.05, 0.1) is 11.0 Å². The van der Waals surface area contributed by atoms with Gasteiger partial charge < -0.3 is 26.7 Å². The second-order valence-electron chi connectivity index (χ2n) is 3.35. The van der Waals surface area contributed by atoms with Crippen LogP contribution in [0, 0.1) is 0 Å². The molecule has 102 valence electrons. The summed E-state index contributed by atoms with van der Waals surface area (Å²) < 4.78 is 11.2. The van der Waals surface area contributed by atoms with Gasteiger partial charge in [0, 0.05) is 0 Å². The molecule has 0 radical (unpaired) electrons. The summed E-state index contributed by atoms with van der Waals surface area (Å²) in [6, 6.07) is 2.61. The first-order valence-electron chi connectivity index (χ1n) is 4.46. The van der Waals surface area contributed by atoms with Crippen LogP contribution in [0.5, 0.6) is 5.75 Å². The maximum Gasteiger partial charge on any atom is 2.00 e. The first-order chi connectivity index (χ1) is 7.77. The average Bonchev–Trinajstić information content (AvgIpc) is 2.22. The number of hydrogen-bond acceptors (Lipinski definition) is 5. The third kappa shape index (κ3) is 5.42. The summed E-state index contributed by atoms with van der Waals surface area (Å²) in [6.07, 6.45) is 1.75. The Balaban J connectivity index is 0. The van der Waals surface area contributed by atoms with Crippen molar-refractivity contribution in [2.75, 3.05) is 5.73 Å². The van der Waals surface area contributed by atoms with E-state index < -0.39 is 12.0 Å². The summed E-state index contributed by atoms with van der Waals surface area (Å²) in [4.78, 5) is 19.5. The topological polar surface area (TPSA) is 134 Å². The van der Waals surface area contributed by atoms with Gasteiger partial charge in [0.1, 0.15) is 5.75 Å². The van der Waals surface area contributed by atoms with Gasteiger partial charge in [-0.05, 0) is 29.3 Å². The molecule has 1 aromatic rings. The fourth-order valence-electron chi connectivity index (χ4n) is 1.30. The molecule has 19 heavy (non-hydrogen) atoms. The van der Waals surface area contributed by atoms with E-state index in [-0.39, 0.29) is 48.8 Å². The second-order valence-corrected chi connectivity index (χ2v) is 6.83.